The SMILES string of the molecule is Cc1cc2oc(Nc3ccccc3)c(-c3cccc(F)c3)c2c(=O)o1. The van der Waals surface area contributed by atoms with E-state index >= 15 is 0 Å². The van der Waals surface area contributed by atoms with Gasteiger partial charge >= 0.3 is 5.63 Å². The lowest BCUT2D eigenvalue weighted by atomic mass is 10.0. The zero-order chi connectivity index (χ0) is 17.4. The summed E-state index contributed by atoms with van der Waals surface area (Å²) in [5.41, 5.74) is 1.69. The highest BCUT2D eigenvalue weighted by atomic mass is 19.1. The fourth-order valence-electron chi connectivity index (χ4n) is 2.82. The Labute approximate surface area is 142 Å². The molecule has 0 aliphatic heterocycles. The first kappa shape index (κ1) is 15.2. The zero-order valence-corrected chi connectivity index (χ0v) is 13.4. The lowest BCUT2D eigenvalue weighted by Gasteiger charge is -2.06. The molecule has 0 unspecified atom stereocenters. The predicted octanol–water partition coefficient (Wildman–Crippen LogP) is 5.24. The molecule has 0 radical (unpaired) electrons. The summed E-state index contributed by atoms with van der Waals surface area (Å²) in [7, 11) is 0. The van der Waals surface area contributed by atoms with Gasteiger partial charge in [-0.2, -0.15) is 0 Å². The number of nitrogens with one attached hydrogen (secondary N) is 1. The molecule has 2 aromatic heterocycles. The average molecular weight is 335 g/mol. The Balaban J connectivity index is 1.99. The van der Waals surface area contributed by atoms with Crippen LogP contribution in [0.25, 0.3) is 22.1 Å². The van der Waals surface area contributed by atoms with Crippen LogP contribution >= 0.6 is 0 Å². The number of hydrogen-bond acceptors (Lipinski definition) is 4. The Morgan fingerprint density at radius 3 is 2.52 bits per heavy atom. The molecule has 0 bridgehead atoms. The smallest absolute Gasteiger partial charge is 0.347 e. The summed E-state index contributed by atoms with van der Waals surface area (Å²) in [5, 5.41) is 3.44. The Bertz CT molecular complexity index is 1110. The van der Waals surface area contributed by atoms with Crippen molar-refractivity contribution in [1.29, 1.82) is 0 Å². The van der Waals surface area contributed by atoms with Crippen molar-refractivity contribution in [2.45, 2.75) is 6.92 Å². The van der Waals surface area contributed by atoms with E-state index in [0.29, 0.717) is 28.4 Å². The fourth-order valence-corrected chi connectivity index (χ4v) is 2.82. The minimum Gasteiger partial charge on any atom is -0.439 e. The Kier molecular flexibility index (Phi) is 3.61. The van der Waals surface area contributed by atoms with Gasteiger partial charge in [0.2, 0.25) is 5.88 Å². The van der Waals surface area contributed by atoms with Crippen LogP contribution in [0.3, 0.4) is 0 Å². The van der Waals surface area contributed by atoms with Crippen molar-refractivity contribution in [2.24, 2.45) is 0 Å². The molecule has 0 atom stereocenters. The lowest BCUT2D eigenvalue weighted by Crippen LogP contribution is -2.00. The van der Waals surface area contributed by atoms with Crippen molar-refractivity contribution in [3.05, 3.63) is 82.7 Å². The average Bonchev–Trinajstić information content (AvgIpc) is 2.94. The number of fused-ring (bicyclic) bond motifs is 1. The maximum absolute atomic E-state index is 13.7. The van der Waals surface area contributed by atoms with Crippen molar-refractivity contribution < 1.29 is 13.2 Å². The van der Waals surface area contributed by atoms with Crippen LogP contribution in [0.1, 0.15) is 5.76 Å². The molecule has 4 aromatic rings. The summed E-state index contributed by atoms with van der Waals surface area (Å²) in [5.74, 6) is 0.419. The van der Waals surface area contributed by atoms with Crippen LogP contribution in [0.4, 0.5) is 16.0 Å². The highest BCUT2D eigenvalue weighted by molar-refractivity contribution is 6.00. The molecule has 124 valence electrons. The van der Waals surface area contributed by atoms with E-state index in [1.807, 2.05) is 30.3 Å². The van der Waals surface area contributed by atoms with Crippen molar-refractivity contribution >= 4 is 22.5 Å². The molecule has 4 nitrogen and oxygen atoms in total. The molecule has 0 aliphatic carbocycles. The Morgan fingerprint density at radius 2 is 1.76 bits per heavy atom. The number of anilines is 2. The van der Waals surface area contributed by atoms with Crippen molar-refractivity contribution in [3.63, 3.8) is 0 Å². The number of aryl methyl sites for hydroxylation is 1. The third-order valence-electron chi connectivity index (χ3n) is 3.87. The number of furan rings is 1. The first-order valence-corrected chi connectivity index (χ1v) is 7.77. The van der Waals surface area contributed by atoms with Gasteiger partial charge in [-0.25, -0.2) is 9.18 Å². The molecule has 2 heterocycles. The van der Waals surface area contributed by atoms with Gasteiger partial charge in [0.15, 0.2) is 0 Å². The minimum atomic E-state index is -0.515. The van der Waals surface area contributed by atoms with E-state index in [9.17, 15) is 9.18 Å². The van der Waals surface area contributed by atoms with E-state index in [1.54, 1.807) is 25.1 Å². The van der Waals surface area contributed by atoms with Gasteiger partial charge < -0.3 is 14.2 Å². The van der Waals surface area contributed by atoms with Gasteiger partial charge in [-0.05, 0) is 36.8 Å². The standard InChI is InChI=1S/C20H14FNO3/c1-12-10-16-18(20(23)24-12)17(13-6-5-7-14(21)11-13)19(25-16)22-15-8-3-2-4-9-15/h2-11,22H,1H3. The van der Waals surface area contributed by atoms with E-state index in [0.717, 1.165) is 5.69 Å². The van der Waals surface area contributed by atoms with Crippen LogP contribution in [-0.4, -0.2) is 0 Å². The Hall–Kier alpha value is -3.34. The second kappa shape index (κ2) is 5.94. The minimum absolute atomic E-state index is 0.287. The second-order valence-electron chi connectivity index (χ2n) is 5.69. The first-order valence-electron chi connectivity index (χ1n) is 7.77. The molecule has 0 fully saturated rings. The van der Waals surface area contributed by atoms with Gasteiger partial charge in [0.05, 0.1) is 5.56 Å². The molecule has 0 aliphatic rings. The molecular formula is C20H14FNO3. The maximum atomic E-state index is 13.7. The molecule has 4 rings (SSSR count). The molecule has 0 spiro atoms. The largest absolute Gasteiger partial charge is 0.439 e. The Morgan fingerprint density at radius 1 is 0.960 bits per heavy atom. The van der Waals surface area contributed by atoms with Crippen LogP contribution in [0, 0.1) is 12.7 Å². The zero-order valence-electron chi connectivity index (χ0n) is 13.4. The quantitative estimate of drug-likeness (QED) is 0.556. The molecule has 1 N–H and O–H groups in total. The summed E-state index contributed by atoms with van der Waals surface area (Å²) < 4.78 is 24.8. The van der Waals surface area contributed by atoms with Crippen LogP contribution in [0.2, 0.25) is 0 Å². The number of hydrogen-bond donors (Lipinski definition) is 1. The maximum Gasteiger partial charge on any atom is 0.347 e. The van der Waals surface area contributed by atoms with Gasteiger partial charge in [0, 0.05) is 11.8 Å². The fraction of sp³-hybridized carbons (Fsp3) is 0.0500. The summed E-state index contributed by atoms with van der Waals surface area (Å²) in [6.45, 7) is 1.68. The van der Waals surface area contributed by atoms with Crippen LogP contribution < -0.4 is 10.9 Å². The van der Waals surface area contributed by atoms with Crippen molar-refractivity contribution in [3.8, 4) is 11.1 Å². The monoisotopic (exact) mass is 335 g/mol. The highest BCUT2D eigenvalue weighted by Gasteiger charge is 2.21. The highest BCUT2D eigenvalue weighted by Crippen LogP contribution is 2.38. The van der Waals surface area contributed by atoms with Gasteiger partial charge in [0.1, 0.15) is 22.5 Å². The van der Waals surface area contributed by atoms with E-state index in [-0.39, 0.29) is 5.39 Å². The molecule has 5 heteroatoms. The summed E-state index contributed by atoms with van der Waals surface area (Å²) >= 11 is 0. The number of benzene rings is 2. The van der Waals surface area contributed by atoms with E-state index in [4.69, 9.17) is 8.83 Å². The van der Waals surface area contributed by atoms with E-state index in [1.165, 1.54) is 12.1 Å². The van der Waals surface area contributed by atoms with Gasteiger partial charge in [-0.1, -0.05) is 30.3 Å². The molecular weight excluding hydrogens is 321 g/mol. The number of para-hydroxylation sites is 1. The van der Waals surface area contributed by atoms with Crippen molar-refractivity contribution in [2.75, 3.05) is 5.32 Å². The molecule has 25 heavy (non-hydrogen) atoms. The van der Waals surface area contributed by atoms with Gasteiger partial charge in [-0.15, -0.1) is 0 Å². The van der Waals surface area contributed by atoms with Gasteiger partial charge in [0.25, 0.3) is 0 Å². The third kappa shape index (κ3) is 2.80. The predicted molar refractivity (Wildman–Crippen MR) is 94.6 cm³/mol. The summed E-state index contributed by atoms with van der Waals surface area (Å²) in [4.78, 5) is 12.4. The third-order valence-corrected chi connectivity index (χ3v) is 3.87. The number of halogens is 1. The van der Waals surface area contributed by atoms with Crippen LogP contribution in [-0.2, 0) is 0 Å². The topological polar surface area (TPSA) is 55.4 Å². The van der Waals surface area contributed by atoms with E-state index < -0.39 is 11.4 Å². The molecule has 2 aromatic carbocycles. The van der Waals surface area contributed by atoms with Crippen LogP contribution in [0.15, 0.2) is 74.3 Å². The van der Waals surface area contributed by atoms with Crippen LogP contribution in [0.5, 0.6) is 0 Å². The number of rotatable bonds is 3. The molecule has 0 saturated heterocycles. The normalized spacial score (nSPS) is 11.0. The summed E-state index contributed by atoms with van der Waals surface area (Å²) in [6, 6.07) is 17.1. The molecule has 0 saturated carbocycles. The lowest BCUT2D eigenvalue weighted by molar-refractivity contribution is 0.485. The van der Waals surface area contributed by atoms with E-state index in [2.05, 4.69) is 5.32 Å². The summed E-state index contributed by atoms with van der Waals surface area (Å²) in [6.07, 6.45) is 0. The molecule has 0 amide bonds. The second-order valence-corrected chi connectivity index (χ2v) is 5.69. The van der Waals surface area contributed by atoms with Crippen molar-refractivity contribution in [1.82, 2.24) is 0 Å². The first-order chi connectivity index (χ1) is 12.1. The van der Waals surface area contributed by atoms with Gasteiger partial charge in [-0.3, -0.25) is 0 Å².